The first-order valence-corrected chi connectivity index (χ1v) is 10.5. The number of hydrogen-bond donors (Lipinski definition) is 9. The van der Waals surface area contributed by atoms with E-state index in [1.807, 2.05) is 0 Å². The van der Waals surface area contributed by atoms with Crippen LogP contribution in [0.3, 0.4) is 0 Å². The van der Waals surface area contributed by atoms with Crippen LogP contribution in [0.5, 0.6) is 0 Å². The monoisotopic (exact) mass is 486 g/mol. The fraction of sp³-hybridized carbons (Fsp3) is 1.00. The van der Waals surface area contributed by atoms with Crippen LogP contribution in [0, 0.1) is 0 Å². The lowest BCUT2D eigenvalue weighted by atomic mass is 9.97. The Hall–Kier alpha value is -0.600. The molecule has 0 aromatic carbocycles. The molecule has 0 amide bonds. The maximum Gasteiger partial charge on any atom is 0.187 e. The van der Waals surface area contributed by atoms with E-state index >= 15 is 0 Å². The predicted molar refractivity (Wildman–Crippen MR) is 97.9 cm³/mol. The highest BCUT2D eigenvalue weighted by Crippen LogP contribution is 2.36. The second-order valence-corrected chi connectivity index (χ2v) is 8.46. The van der Waals surface area contributed by atoms with Gasteiger partial charge in [-0.1, -0.05) is 0 Å². The van der Waals surface area contributed by atoms with Gasteiger partial charge in [-0.2, -0.15) is 0 Å². The van der Waals surface area contributed by atoms with Crippen molar-refractivity contribution in [2.45, 2.75) is 92.1 Å². The minimum atomic E-state index is -1.76. The second kappa shape index (κ2) is 10.2. The summed E-state index contributed by atoms with van der Waals surface area (Å²) in [6.07, 6.45) is -21.2. The third-order valence-corrected chi connectivity index (χ3v) is 6.34. The van der Waals surface area contributed by atoms with Gasteiger partial charge in [0.05, 0.1) is 19.8 Å². The molecule has 4 saturated heterocycles. The molecular formula is C18H30O15. The van der Waals surface area contributed by atoms with Crippen LogP contribution in [0.15, 0.2) is 0 Å². The minimum absolute atomic E-state index is 0.0650. The number of hydrogen-bond acceptors (Lipinski definition) is 15. The summed E-state index contributed by atoms with van der Waals surface area (Å²) < 4.78 is 32.6. The Balaban J connectivity index is 1.42. The molecule has 4 rings (SSSR count). The van der Waals surface area contributed by atoms with Gasteiger partial charge in [-0.25, -0.2) is 0 Å². The summed E-state index contributed by atoms with van der Waals surface area (Å²) >= 11 is 0. The van der Waals surface area contributed by atoms with E-state index < -0.39 is 105 Å². The topological polar surface area (TPSA) is 237 Å². The zero-order valence-electron chi connectivity index (χ0n) is 17.3. The second-order valence-electron chi connectivity index (χ2n) is 8.46. The van der Waals surface area contributed by atoms with Crippen molar-refractivity contribution in [1.82, 2.24) is 0 Å². The van der Waals surface area contributed by atoms with Crippen molar-refractivity contribution in [1.29, 1.82) is 0 Å². The molecule has 0 radical (unpaired) electrons. The highest BCUT2D eigenvalue weighted by molar-refractivity contribution is 4.99. The van der Waals surface area contributed by atoms with Gasteiger partial charge in [0.2, 0.25) is 0 Å². The van der Waals surface area contributed by atoms with E-state index in [-0.39, 0.29) is 6.61 Å². The van der Waals surface area contributed by atoms with E-state index in [0.29, 0.717) is 0 Å². The van der Waals surface area contributed by atoms with E-state index in [1.165, 1.54) is 0 Å². The van der Waals surface area contributed by atoms with Crippen LogP contribution < -0.4 is 0 Å². The van der Waals surface area contributed by atoms with Crippen LogP contribution in [0.2, 0.25) is 0 Å². The molecule has 15 heteroatoms. The van der Waals surface area contributed by atoms with Crippen molar-refractivity contribution in [3.8, 4) is 0 Å². The maximum absolute atomic E-state index is 10.7. The standard InChI is InChI=1S/C18H30O15/c19-1-4-7(21)9(23)10(24)17(30-4)32-13-6-3-28-15(13)12(26)18(31-6)33-14-8(22)5(2-20)29-16(27)11(14)25/h4-27H,1-3H2/t4-,5-,6+,7+,8+,9+,10-,11-,12+,13-,14+,15+,16?,17+,18+/m1/s1. The molecule has 0 aromatic heterocycles. The Morgan fingerprint density at radius 1 is 0.606 bits per heavy atom. The summed E-state index contributed by atoms with van der Waals surface area (Å²) in [4.78, 5) is 0. The Morgan fingerprint density at radius 2 is 1.21 bits per heavy atom. The van der Waals surface area contributed by atoms with Gasteiger partial charge in [0.15, 0.2) is 18.9 Å². The normalized spacial score (nSPS) is 55.0. The molecule has 15 nitrogen and oxygen atoms in total. The Labute approximate surface area is 187 Å². The molecule has 192 valence electrons. The summed E-state index contributed by atoms with van der Waals surface area (Å²) in [7, 11) is 0. The van der Waals surface area contributed by atoms with Crippen LogP contribution in [0.25, 0.3) is 0 Å². The maximum atomic E-state index is 10.7. The van der Waals surface area contributed by atoms with Gasteiger partial charge in [-0.05, 0) is 0 Å². The summed E-state index contributed by atoms with van der Waals surface area (Å²) in [6, 6.07) is 0. The van der Waals surface area contributed by atoms with E-state index in [9.17, 15) is 46.0 Å². The van der Waals surface area contributed by atoms with Crippen molar-refractivity contribution in [2.24, 2.45) is 0 Å². The van der Waals surface area contributed by atoms with Crippen LogP contribution >= 0.6 is 0 Å². The summed E-state index contributed by atoms with van der Waals surface area (Å²) in [5.41, 5.74) is 0. The zero-order chi connectivity index (χ0) is 24.0. The predicted octanol–water partition coefficient (Wildman–Crippen LogP) is -6.53. The average Bonchev–Trinajstić information content (AvgIpc) is 3.11. The zero-order valence-corrected chi connectivity index (χ0v) is 17.3. The molecule has 33 heavy (non-hydrogen) atoms. The van der Waals surface area contributed by atoms with Gasteiger partial charge in [0, 0.05) is 0 Å². The summed E-state index contributed by atoms with van der Waals surface area (Å²) in [6.45, 7) is -1.38. The van der Waals surface area contributed by atoms with Crippen LogP contribution in [-0.4, -0.2) is 158 Å². The fourth-order valence-corrected chi connectivity index (χ4v) is 4.42. The third-order valence-electron chi connectivity index (χ3n) is 6.34. The highest BCUT2D eigenvalue weighted by Gasteiger charge is 2.56. The molecular weight excluding hydrogens is 456 g/mol. The van der Waals surface area contributed by atoms with Gasteiger partial charge in [0.1, 0.15) is 73.2 Å². The Bertz CT molecular complexity index is 652. The number of ether oxygens (including phenoxy) is 6. The molecule has 0 spiro atoms. The Morgan fingerprint density at radius 3 is 1.88 bits per heavy atom. The summed E-state index contributed by atoms with van der Waals surface area (Å²) in [5, 5.41) is 89.5. The minimum Gasteiger partial charge on any atom is -0.394 e. The van der Waals surface area contributed by atoms with Crippen molar-refractivity contribution in [3.63, 3.8) is 0 Å². The van der Waals surface area contributed by atoms with E-state index in [0.717, 1.165) is 0 Å². The molecule has 2 bridgehead atoms. The van der Waals surface area contributed by atoms with Crippen molar-refractivity contribution < 1.29 is 74.4 Å². The molecule has 9 N–H and O–H groups in total. The van der Waals surface area contributed by atoms with Crippen LogP contribution in [-0.2, 0) is 28.4 Å². The van der Waals surface area contributed by atoms with Crippen LogP contribution in [0.1, 0.15) is 0 Å². The number of fused-ring (bicyclic) bond motifs is 2. The first kappa shape index (κ1) is 25.5. The van der Waals surface area contributed by atoms with Crippen molar-refractivity contribution in [3.05, 3.63) is 0 Å². The fourth-order valence-electron chi connectivity index (χ4n) is 4.42. The molecule has 4 aliphatic rings. The number of rotatable bonds is 6. The van der Waals surface area contributed by atoms with Gasteiger partial charge < -0.3 is 74.4 Å². The van der Waals surface area contributed by atoms with Crippen LogP contribution in [0.4, 0.5) is 0 Å². The van der Waals surface area contributed by atoms with Gasteiger partial charge >= 0.3 is 0 Å². The van der Waals surface area contributed by atoms with E-state index in [1.54, 1.807) is 0 Å². The molecule has 15 atom stereocenters. The lowest BCUT2D eigenvalue weighted by molar-refractivity contribution is -0.360. The SMILES string of the molecule is OC[C@H]1O[C@@H](O[C@H]2[C@H]3OC[C@@H]2O[C@@H](O[C@H]2[C@@H](O)[C@@H](CO)OC(O)[C@@H]2O)[C@H]3O)[C@H](O)[C@@H](O)[C@H]1O. The van der Waals surface area contributed by atoms with E-state index in [2.05, 4.69) is 0 Å². The lowest BCUT2D eigenvalue weighted by Gasteiger charge is -2.45. The van der Waals surface area contributed by atoms with Crippen molar-refractivity contribution >= 4 is 0 Å². The largest absolute Gasteiger partial charge is 0.394 e. The molecule has 4 heterocycles. The van der Waals surface area contributed by atoms with E-state index in [4.69, 9.17) is 28.4 Å². The van der Waals surface area contributed by atoms with Gasteiger partial charge in [-0.3, -0.25) is 0 Å². The average molecular weight is 486 g/mol. The molecule has 1 unspecified atom stereocenters. The smallest absolute Gasteiger partial charge is 0.187 e. The molecule has 0 saturated carbocycles. The molecule has 4 aliphatic heterocycles. The molecule has 4 fully saturated rings. The van der Waals surface area contributed by atoms with Gasteiger partial charge in [-0.15, -0.1) is 0 Å². The van der Waals surface area contributed by atoms with Crippen molar-refractivity contribution in [2.75, 3.05) is 19.8 Å². The first-order chi connectivity index (χ1) is 15.7. The summed E-state index contributed by atoms with van der Waals surface area (Å²) in [5.74, 6) is 0. The number of aliphatic hydroxyl groups excluding tert-OH is 9. The third kappa shape index (κ3) is 4.65. The van der Waals surface area contributed by atoms with Gasteiger partial charge in [0.25, 0.3) is 0 Å². The molecule has 0 aromatic rings. The highest BCUT2D eigenvalue weighted by atomic mass is 16.8. The Kier molecular flexibility index (Phi) is 7.86. The lowest BCUT2D eigenvalue weighted by Crippen LogP contribution is -2.64. The first-order valence-electron chi connectivity index (χ1n) is 10.5. The quantitative estimate of drug-likeness (QED) is 0.170. The molecule has 0 aliphatic carbocycles. The number of aliphatic hydroxyl groups is 9.